The van der Waals surface area contributed by atoms with Crippen molar-refractivity contribution < 1.29 is 4.74 Å². The maximum atomic E-state index is 6.21. The van der Waals surface area contributed by atoms with Crippen molar-refractivity contribution in [3.63, 3.8) is 0 Å². The summed E-state index contributed by atoms with van der Waals surface area (Å²) in [6.45, 7) is 6.49. The van der Waals surface area contributed by atoms with Crippen LogP contribution in [0, 0.1) is 0 Å². The van der Waals surface area contributed by atoms with Gasteiger partial charge in [-0.15, -0.1) is 0 Å². The first kappa shape index (κ1) is 16.3. The molecule has 1 saturated heterocycles. The molecule has 0 bridgehead atoms. The molecular weight excluding hydrogens is 260 g/mol. The molecule has 1 aliphatic heterocycles. The van der Waals surface area contributed by atoms with E-state index in [0.717, 1.165) is 18.7 Å². The van der Waals surface area contributed by atoms with Crippen molar-refractivity contribution >= 4 is 0 Å². The lowest BCUT2D eigenvalue weighted by Gasteiger charge is -2.44. The van der Waals surface area contributed by atoms with Crippen molar-refractivity contribution in [1.82, 2.24) is 4.90 Å². The number of methoxy groups -OCH3 is 1. The predicted octanol–water partition coefficient (Wildman–Crippen LogP) is 3.22. The molecular formula is C18H30N2O. The third-order valence-electron chi connectivity index (χ3n) is 4.95. The van der Waals surface area contributed by atoms with Gasteiger partial charge >= 0.3 is 0 Å². The van der Waals surface area contributed by atoms with Gasteiger partial charge in [-0.25, -0.2) is 0 Å². The van der Waals surface area contributed by atoms with Crippen LogP contribution in [0.3, 0.4) is 0 Å². The zero-order chi connectivity index (χ0) is 15.3. The number of benzene rings is 1. The van der Waals surface area contributed by atoms with Crippen LogP contribution >= 0.6 is 0 Å². The first-order valence-electron chi connectivity index (χ1n) is 8.19. The molecule has 1 aliphatic rings. The van der Waals surface area contributed by atoms with Crippen molar-refractivity contribution in [2.75, 3.05) is 20.2 Å². The van der Waals surface area contributed by atoms with E-state index < -0.39 is 0 Å². The standard InChI is InChI=1S/C18H30N2O/c1-15-9-5-4-8-12-20(15)18(2,14-19)13-16-10-6-7-11-17(16)21-3/h6-7,10-11,15H,4-5,8-9,12-14,19H2,1-3H3. The summed E-state index contributed by atoms with van der Waals surface area (Å²) < 4.78 is 5.52. The molecule has 2 atom stereocenters. The van der Waals surface area contributed by atoms with Gasteiger partial charge in [0.2, 0.25) is 0 Å². The largest absolute Gasteiger partial charge is 0.496 e. The van der Waals surface area contributed by atoms with E-state index in [1.807, 2.05) is 12.1 Å². The summed E-state index contributed by atoms with van der Waals surface area (Å²) in [5, 5.41) is 0. The van der Waals surface area contributed by atoms with Crippen molar-refractivity contribution in [1.29, 1.82) is 0 Å². The van der Waals surface area contributed by atoms with Crippen LogP contribution in [0.5, 0.6) is 5.75 Å². The summed E-state index contributed by atoms with van der Waals surface area (Å²) >= 11 is 0. The van der Waals surface area contributed by atoms with E-state index in [4.69, 9.17) is 10.5 Å². The second-order valence-electron chi connectivity index (χ2n) is 6.58. The Hall–Kier alpha value is -1.06. The maximum Gasteiger partial charge on any atom is 0.122 e. The summed E-state index contributed by atoms with van der Waals surface area (Å²) in [5.74, 6) is 0.972. The topological polar surface area (TPSA) is 38.5 Å². The lowest BCUT2D eigenvalue weighted by molar-refractivity contribution is 0.0707. The minimum Gasteiger partial charge on any atom is -0.496 e. The predicted molar refractivity (Wildman–Crippen MR) is 88.8 cm³/mol. The number of nitrogens with zero attached hydrogens (tertiary/aromatic N) is 1. The van der Waals surface area contributed by atoms with Gasteiger partial charge in [-0.3, -0.25) is 4.90 Å². The number of ether oxygens (including phenoxy) is 1. The van der Waals surface area contributed by atoms with Gasteiger partial charge in [-0.05, 0) is 51.3 Å². The highest BCUT2D eigenvalue weighted by Crippen LogP contribution is 2.30. The van der Waals surface area contributed by atoms with Crippen molar-refractivity contribution in [2.45, 2.75) is 57.5 Å². The number of para-hydroxylation sites is 1. The minimum atomic E-state index is -0.00160. The molecule has 118 valence electrons. The van der Waals surface area contributed by atoms with Crippen molar-refractivity contribution in [3.05, 3.63) is 29.8 Å². The number of rotatable bonds is 5. The Bertz CT molecular complexity index is 449. The Morgan fingerprint density at radius 3 is 2.76 bits per heavy atom. The Morgan fingerprint density at radius 1 is 1.29 bits per heavy atom. The SMILES string of the molecule is COc1ccccc1CC(C)(CN)N1CCCCCC1C. The van der Waals surface area contributed by atoms with Gasteiger partial charge in [-0.1, -0.05) is 31.0 Å². The fourth-order valence-electron chi connectivity index (χ4n) is 3.63. The third kappa shape index (κ3) is 3.78. The maximum absolute atomic E-state index is 6.21. The highest BCUT2D eigenvalue weighted by molar-refractivity contribution is 5.34. The van der Waals surface area contributed by atoms with Crippen LogP contribution < -0.4 is 10.5 Å². The molecule has 0 amide bonds. The number of hydrogen-bond acceptors (Lipinski definition) is 3. The van der Waals surface area contributed by atoms with Crippen molar-refractivity contribution in [3.8, 4) is 5.75 Å². The van der Waals surface area contributed by atoms with Crippen LogP contribution in [0.25, 0.3) is 0 Å². The summed E-state index contributed by atoms with van der Waals surface area (Å²) in [5.41, 5.74) is 7.46. The van der Waals surface area contributed by atoms with E-state index in [1.54, 1.807) is 7.11 Å². The molecule has 1 aromatic rings. The van der Waals surface area contributed by atoms with E-state index in [0.29, 0.717) is 12.6 Å². The molecule has 0 saturated carbocycles. The first-order chi connectivity index (χ1) is 10.1. The second kappa shape index (κ2) is 7.28. The fourth-order valence-corrected chi connectivity index (χ4v) is 3.63. The molecule has 1 fully saturated rings. The molecule has 0 radical (unpaired) electrons. The quantitative estimate of drug-likeness (QED) is 0.905. The highest BCUT2D eigenvalue weighted by atomic mass is 16.5. The fraction of sp³-hybridized carbons (Fsp3) is 0.667. The zero-order valence-corrected chi connectivity index (χ0v) is 13.8. The molecule has 0 spiro atoms. The smallest absolute Gasteiger partial charge is 0.122 e. The molecule has 1 aromatic carbocycles. The van der Waals surface area contributed by atoms with E-state index in [9.17, 15) is 0 Å². The number of hydrogen-bond donors (Lipinski definition) is 1. The Balaban J connectivity index is 2.23. The molecule has 3 heteroatoms. The average molecular weight is 290 g/mol. The molecule has 1 heterocycles. The Labute approximate surface area is 129 Å². The van der Waals surface area contributed by atoms with Crippen LogP contribution in [-0.4, -0.2) is 36.7 Å². The van der Waals surface area contributed by atoms with Crippen LogP contribution in [0.15, 0.2) is 24.3 Å². The van der Waals surface area contributed by atoms with Gasteiger partial charge in [0.1, 0.15) is 5.75 Å². The molecule has 2 N–H and O–H groups in total. The molecule has 0 aliphatic carbocycles. The molecule has 21 heavy (non-hydrogen) atoms. The van der Waals surface area contributed by atoms with Crippen LogP contribution in [-0.2, 0) is 6.42 Å². The lowest BCUT2D eigenvalue weighted by atomic mass is 9.88. The van der Waals surface area contributed by atoms with Gasteiger partial charge in [0.15, 0.2) is 0 Å². The summed E-state index contributed by atoms with van der Waals surface area (Å²) in [7, 11) is 1.74. The normalized spacial score (nSPS) is 23.3. The molecule has 2 unspecified atom stereocenters. The number of likely N-dealkylation sites (tertiary alicyclic amines) is 1. The zero-order valence-electron chi connectivity index (χ0n) is 13.8. The first-order valence-corrected chi connectivity index (χ1v) is 8.19. The van der Waals surface area contributed by atoms with Gasteiger partial charge in [0.05, 0.1) is 7.11 Å². The van der Waals surface area contributed by atoms with E-state index in [2.05, 4.69) is 30.9 Å². The van der Waals surface area contributed by atoms with Crippen LogP contribution in [0.1, 0.15) is 45.1 Å². The van der Waals surface area contributed by atoms with Gasteiger partial charge in [0.25, 0.3) is 0 Å². The highest BCUT2D eigenvalue weighted by Gasteiger charge is 2.35. The number of nitrogens with two attached hydrogens (primary N) is 1. The van der Waals surface area contributed by atoms with Crippen molar-refractivity contribution in [2.24, 2.45) is 5.73 Å². The van der Waals surface area contributed by atoms with Gasteiger partial charge in [-0.2, -0.15) is 0 Å². The van der Waals surface area contributed by atoms with Gasteiger partial charge < -0.3 is 10.5 Å². The average Bonchev–Trinajstić information content (AvgIpc) is 2.72. The van der Waals surface area contributed by atoms with Crippen LogP contribution in [0.4, 0.5) is 0 Å². The molecule has 2 rings (SSSR count). The van der Waals surface area contributed by atoms with Gasteiger partial charge in [0, 0.05) is 18.1 Å². The Morgan fingerprint density at radius 2 is 2.05 bits per heavy atom. The molecule has 3 nitrogen and oxygen atoms in total. The lowest BCUT2D eigenvalue weighted by Crippen LogP contribution is -2.56. The van der Waals surface area contributed by atoms with E-state index >= 15 is 0 Å². The Kier molecular flexibility index (Phi) is 5.65. The molecule has 0 aromatic heterocycles. The monoisotopic (exact) mass is 290 g/mol. The summed E-state index contributed by atoms with van der Waals surface area (Å²) in [6, 6.07) is 8.92. The van der Waals surface area contributed by atoms with Crippen LogP contribution in [0.2, 0.25) is 0 Å². The van der Waals surface area contributed by atoms with E-state index in [-0.39, 0.29) is 5.54 Å². The summed E-state index contributed by atoms with van der Waals surface area (Å²) in [4.78, 5) is 2.63. The van der Waals surface area contributed by atoms with E-state index in [1.165, 1.54) is 31.2 Å². The second-order valence-corrected chi connectivity index (χ2v) is 6.58. The summed E-state index contributed by atoms with van der Waals surface area (Å²) in [6.07, 6.45) is 6.19. The minimum absolute atomic E-state index is 0.00160. The third-order valence-corrected chi connectivity index (χ3v) is 4.95.